The van der Waals surface area contributed by atoms with Gasteiger partial charge in [-0.25, -0.2) is 30.4 Å². The molecule has 0 aliphatic heterocycles. The summed E-state index contributed by atoms with van der Waals surface area (Å²) in [5, 5.41) is 43.6. The second-order valence-corrected chi connectivity index (χ2v) is 8.75. The Morgan fingerprint density at radius 3 is 1.12 bits per heavy atom. The number of rotatable bonds is 8. The van der Waals surface area contributed by atoms with E-state index >= 15 is 0 Å². The first-order valence-electron chi connectivity index (χ1n) is 12.8. The van der Waals surface area contributed by atoms with Crippen molar-refractivity contribution in [2.45, 2.75) is 0 Å². The van der Waals surface area contributed by atoms with E-state index in [1.807, 2.05) is 121 Å². The molecule has 42 heavy (non-hydrogen) atoms. The lowest BCUT2D eigenvalue weighted by Gasteiger charge is -2.11. The van der Waals surface area contributed by atoms with Gasteiger partial charge in [0.1, 0.15) is 17.1 Å². The quantitative estimate of drug-likeness (QED) is 0.259. The molecule has 3 aromatic heterocycles. The molecule has 4 aromatic carbocycles. The number of para-hydroxylation sites is 4. The summed E-state index contributed by atoms with van der Waals surface area (Å²) in [6.07, 6.45) is 0. The maximum absolute atomic E-state index is 4.58. The largest absolute Gasteiger partial charge is 0.300 e. The molecule has 0 fully saturated rings. The van der Waals surface area contributed by atoms with Gasteiger partial charge in [0.25, 0.3) is 0 Å². The standard InChI is InChI=1S/C28H20N14/c1-5-13-21(14-6-1)39-27(35-41(37-39)23-17-9-3-10-18-23)29-25-31-33-26(34-32-25)30-28-36-42(24-19-11-4-12-20-24)38-40(28)22-15-7-2-8-16-22/h1-20H. The molecule has 7 aromatic rings. The Bertz CT molecular complexity index is 1760. The van der Waals surface area contributed by atoms with E-state index in [4.69, 9.17) is 0 Å². The maximum atomic E-state index is 4.58. The summed E-state index contributed by atoms with van der Waals surface area (Å²) < 4.78 is 3.17. The molecule has 0 N–H and O–H groups in total. The van der Waals surface area contributed by atoms with E-state index in [0.29, 0.717) is 0 Å². The zero-order chi connectivity index (χ0) is 28.1. The fourth-order valence-corrected chi connectivity index (χ4v) is 3.98. The number of aromatic nitrogens is 12. The monoisotopic (exact) mass is 552 g/mol. The van der Waals surface area contributed by atoms with Crippen molar-refractivity contribution in [2.24, 2.45) is 0 Å². The minimum Gasteiger partial charge on any atom is -0.277 e. The predicted molar refractivity (Wildman–Crippen MR) is 149 cm³/mol. The zero-order valence-corrected chi connectivity index (χ0v) is 21.8. The van der Waals surface area contributed by atoms with Gasteiger partial charge in [-0.1, -0.05) is 87.4 Å². The van der Waals surface area contributed by atoms with Crippen molar-refractivity contribution in [3.63, 3.8) is 0 Å². The molecule has 0 unspecified atom stereocenters. The van der Waals surface area contributed by atoms with Gasteiger partial charge in [0.2, 0.25) is 0 Å². The van der Waals surface area contributed by atoms with Crippen LogP contribution in [0.4, 0.5) is 23.8 Å². The van der Waals surface area contributed by atoms with Gasteiger partial charge in [0.15, 0.2) is 23.0 Å². The molecular formula is C28H20N14. The summed E-state index contributed by atoms with van der Waals surface area (Å²) in [4.78, 5) is 2.96. The van der Waals surface area contributed by atoms with E-state index in [1.54, 1.807) is 9.36 Å². The molecular weight excluding hydrogens is 532 g/mol. The smallest absolute Gasteiger partial charge is 0.277 e. The molecule has 0 aliphatic rings. The van der Waals surface area contributed by atoms with Gasteiger partial charge in [-0.3, -0.25) is 5.32 Å². The summed E-state index contributed by atoms with van der Waals surface area (Å²) in [5.41, 5.74) is 3.06. The maximum Gasteiger partial charge on any atom is 0.300 e. The second-order valence-electron chi connectivity index (χ2n) is 8.75. The first-order valence-corrected chi connectivity index (χ1v) is 12.8. The number of nitrogens with zero attached hydrogens (tertiary/aromatic N) is 14. The van der Waals surface area contributed by atoms with E-state index in [1.165, 1.54) is 9.59 Å². The van der Waals surface area contributed by atoms with Crippen LogP contribution in [-0.2, 0) is 0 Å². The summed E-state index contributed by atoms with van der Waals surface area (Å²) in [7, 11) is 0. The van der Waals surface area contributed by atoms with Gasteiger partial charge in [0, 0.05) is 5.69 Å². The van der Waals surface area contributed by atoms with Gasteiger partial charge < -0.3 is 0 Å². The van der Waals surface area contributed by atoms with Crippen LogP contribution >= 0.6 is 0 Å². The van der Waals surface area contributed by atoms with Gasteiger partial charge in [-0.2, -0.15) is 0 Å². The molecule has 0 saturated heterocycles. The Balaban J connectivity index is 1.17. The Morgan fingerprint density at radius 2 is 0.762 bits per heavy atom. The Kier molecular flexibility index (Phi) is 6.42. The SMILES string of the molecule is c1ccc(-n2n[n+](-c3ccccc3)nc2[N-]c2nnc([N-]c3n[n+](-c4ccccc4)nn3-c3ccccc3)nn2)cc1. The van der Waals surface area contributed by atoms with Crippen LogP contribution in [0, 0.1) is 0 Å². The van der Waals surface area contributed by atoms with Crippen LogP contribution in [-0.4, -0.2) is 50.4 Å². The highest BCUT2D eigenvalue weighted by atomic mass is 15.7. The molecule has 0 radical (unpaired) electrons. The molecule has 14 nitrogen and oxygen atoms in total. The molecule has 0 spiro atoms. The molecule has 202 valence electrons. The molecule has 0 saturated carbocycles. The lowest BCUT2D eigenvalue weighted by molar-refractivity contribution is -0.717. The highest BCUT2D eigenvalue weighted by Crippen LogP contribution is 2.28. The average molecular weight is 553 g/mol. The lowest BCUT2D eigenvalue weighted by Crippen LogP contribution is -2.36. The fourth-order valence-electron chi connectivity index (χ4n) is 3.98. The Hall–Kier alpha value is -6.44. The normalized spacial score (nSPS) is 10.9. The second kappa shape index (κ2) is 11.0. The molecule has 0 aliphatic carbocycles. The minimum atomic E-state index is -0.0115. The Morgan fingerprint density at radius 1 is 0.429 bits per heavy atom. The van der Waals surface area contributed by atoms with Crippen LogP contribution < -0.4 is 9.59 Å². The van der Waals surface area contributed by atoms with Crippen LogP contribution in [0.5, 0.6) is 0 Å². The summed E-state index contributed by atoms with van der Waals surface area (Å²) >= 11 is 0. The third-order valence-corrected chi connectivity index (χ3v) is 5.93. The van der Waals surface area contributed by atoms with E-state index in [0.717, 1.165) is 22.7 Å². The number of hydrogen-bond donors (Lipinski definition) is 0. The first kappa shape index (κ1) is 24.6. The highest BCUT2D eigenvalue weighted by Gasteiger charge is 2.19. The molecule has 14 heteroatoms. The third-order valence-electron chi connectivity index (χ3n) is 5.93. The summed E-state index contributed by atoms with van der Waals surface area (Å²) in [5.74, 6) is 0.461. The summed E-state index contributed by atoms with van der Waals surface area (Å²) in [6.45, 7) is 0. The first-order chi connectivity index (χ1) is 20.8. The molecule has 7 rings (SSSR count). The van der Waals surface area contributed by atoms with Crippen molar-refractivity contribution in [1.82, 2.24) is 50.4 Å². The van der Waals surface area contributed by atoms with Crippen molar-refractivity contribution in [3.8, 4) is 22.7 Å². The molecule has 0 amide bonds. The van der Waals surface area contributed by atoms with Gasteiger partial charge >= 0.3 is 5.95 Å². The average Bonchev–Trinajstić information content (AvgIpc) is 3.68. The van der Waals surface area contributed by atoms with Gasteiger partial charge in [0.05, 0.1) is 0 Å². The van der Waals surface area contributed by atoms with Crippen LogP contribution in [0.2, 0.25) is 0 Å². The van der Waals surface area contributed by atoms with Crippen molar-refractivity contribution in [1.29, 1.82) is 0 Å². The minimum absolute atomic E-state index is 0.0115. The number of hydrogen-bond acceptors (Lipinski definition) is 8. The van der Waals surface area contributed by atoms with E-state index in [-0.39, 0.29) is 23.8 Å². The zero-order valence-electron chi connectivity index (χ0n) is 21.8. The molecule has 0 bridgehead atoms. The van der Waals surface area contributed by atoms with Crippen molar-refractivity contribution >= 4 is 23.8 Å². The van der Waals surface area contributed by atoms with Crippen LogP contribution in [0.25, 0.3) is 33.4 Å². The topological polar surface area (TPSA) is 149 Å². The van der Waals surface area contributed by atoms with E-state index in [9.17, 15) is 0 Å². The predicted octanol–water partition coefficient (Wildman–Crippen LogP) is 3.66. The van der Waals surface area contributed by atoms with Crippen LogP contribution in [0.15, 0.2) is 121 Å². The van der Waals surface area contributed by atoms with Crippen molar-refractivity contribution < 1.29 is 9.59 Å². The number of benzene rings is 4. The van der Waals surface area contributed by atoms with Gasteiger partial charge in [-0.15, -0.1) is 5.10 Å². The summed E-state index contributed by atoms with van der Waals surface area (Å²) in [6, 6.07) is 38.1. The molecule has 3 heterocycles. The fraction of sp³-hybridized carbons (Fsp3) is 0. The van der Waals surface area contributed by atoms with Crippen LogP contribution in [0.3, 0.4) is 0 Å². The van der Waals surface area contributed by atoms with Gasteiger partial charge in [-0.05, 0) is 58.5 Å². The van der Waals surface area contributed by atoms with Crippen molar-refractivity contribution in [3.05, 3.63) is 132 Å². The lowest BCUT2D eigenvalue weighted by atomic mass is 10.3. The third kappa shape index (κ3) is 5.10. The van der Waals surface area contributed by atoms with E-state index < -0.39 is 0 Å². The highest BCUT2D eigenvalue weighted by molar-refractivity contribution is 5.55. The molecule has 0 atom stereocenters. The Labute approximate surface area is 238 Å². The van der Waals surface area contributed by atoms with Crippen molar-refractivity contribution in [2.75, 3.05) is 0 Å². The van der Waals surface area contributed by atoms with E-state index in [2.05, 4.69) is 51.7 Å². The number of tetrazole rings is 2. The van der Waals surface area contributed by atoms with Crippen LogP contribution in [0.1, 0.15) is 0 Å².